The van der Waals surface area contributed by atoms with Crippen molar-refractivity contribution in [3.05, 3.63) is 53.6 Å². The number of hydrogen-bond acceptors (Lipinski definition) is 4. The highest BCUT2D eigenvalue weighted by molar-refractivity contribution is 6.06. The van der Waals surface area contributed by atoms with E-state index in [1.54, 1.807) is 0 Å². The van der Waals surface area contributed by atoms with Crippen LogP contribution < -0.4 is 15.5 Å². The lowest BCUT2D eigenvalue weighted by Crippen LogP contribution is -2.47. The van der Waals surface area contributed by atoms with Gasteiger partial charge in [-0.15, -0.1) is 37.2 Å². The lowest BCUT2D eigenvalue weighted by molar-refractivity contribution is 0.102. The summed E-state index contributed by atoms with van der Waals surface area (Å²) < 4.78 is 0. The van der Waals surface area contributed by atoms with Crippen LogP contribution in [0.2, 0.25) is 0 Å². The summed E-state index contributed by atoms with van der Waals surface area (Å²) >= 11 is 0. The second-order valence-electron chi connectivity index (χ2n) is 8.60. The largest absolute Gasteiger partial charge is 0.385 e. The van der Waals surface area contributed by atoms with Crippen LogP contribution in [0.15, 0.2) is 42.5 Å². The van der Waals surface area contributed by atoms with Crippen molar-refractivity contribution < 1.29 is 4.79 Å². The second kappa shape index (κ2) is 12.0. The van der Waals surface area contributed by atoms with Gasteiger partial charge in [-0.1, -0.05) is 12.1 Å². The number of halogens is 3. The van der Waals surface area contributed by atoms with E-state index in [4.69, 9.17) is 0 Å². The van der Waals surface area contributed by atoms with Crippen LogP contribution in [0, 0.1) is 5.92 Å². The van der Waals surface area contributed by atoms with Crippen molar-refractivity contribution in [2.45, 2.75) is 25.7 Å². The maximum absolute atomic E-state index is 13.0. The quantitative estimate of drug-likeness (QED) is 0.601. The minimum Gasteiger partial charge on any atom is -0.385 e. The summed E-state index contributed by atoms with van der Waals surface area (Å²) in [6.45, 7) is 6.64. The van der Waals surface area contributed by atoms with Crippen LogP contribution in [-0.4, -0.2) is 50.1 Å². The molecule has 3 aliphatic rings. The number of amides is 1. The van der Waals surface area contributed by atoms with Crippen molar-refractivity contribution in [2.24, 2.45) is 5.92 Å². The number of nitrogens with one attached hydrogen (secondary N) is 2. The second-order valence-corrected chi connectivity index (χ2v) is 8.60. The Morgan fingerprint density at radius 3 is 2.50 bits per heavy atom. The minimum absolute atomic E-state index is 0. The molecule has 32 heavy (non-hydrogen) atoms. The van der Waals surface area contributed by atoms with Gasteiger partial charge in [0.25, 0.3) is 5.91 Å². The third kappa shape index (κ3) is 6.22. The first-order chi connectivity index (χ1) is 14.3. The lowest BCUT2D eigenvalue weighted by atomic mass is 9.97. The molecule has 2 heterocycles. The molecule has 1 aliphatic carbocycles. The van der Waals surface area contributed by atoms with E-state index in [9.17, 15) is 4.79 Å². The van der Waals surface area contributed by atoms with Gasteiger partial charge in [-0.2, -0.15) is 0 Å². The van der Waals surface area contributed by atoms with Crippen molar-refractivity contribution in [1.29, 1.82) is 0 Å². The van der Waals surface area contributed by atoms with Crippen molar-refractivity contribution in [3.8, 4) is 0 Å². The Kier molecular flexibility index (Phi) is 9.96. The molecule has 1 amide bonds. The molecule has 0 bridgehead atoms. The van der Waals surface area contributed by atoms with Gasteiger partial charge in [-0.3, -0.25) is 9.69 Å². The fraction of sp³-hybridized carbons (Fsp3) is 0.458. The number of rotatable bonds is 5. The number of anilines is 3. The molecule has 2 aliphatic heterocycles. The zero-order valence-electron chi connectivity index (χ0n) is 18.2. The summed E-state index contributed by atoms with van der Waals surface area (Å²) in [5.74, 6) is 0.941. The summed E-state index contributed by atoms with van der Waals surface area (Å²) in [4.78, 5) is 18.0. The van der Waals surface area contributed by atoms with E-state index in [0.29, 0.717) is 0 Å². The number of hydrogen-bond donors (Lipinski definition) is 2. The van der Waals surface area contributed by atoms with Gasteiger partial charge in [0.15, 0.2) is 0 Å². The Bertz CT molecular complexity index is 899. The summed E-state index contributed by atoms with van der Waals surface area (Å²) in [6.07, 6.45) is 4.86. The van der Waals surface area contributed by atoms with Gasteiger partial charge in [0.1, 0.15) is 0 Å². The molecule has 0 unspecified atom stereocenters. The summed E-state index contributed by atoms with van der Waals surface area (Å²) in [5, 5.41) is 6.53. The van der Waals surface area contributed by atoms with Gasteiger partial charge in [0.05, 0.1) is 0 Å². The maximum Gasteiger partial charge on any atom is 0.256 e. The highest BCUT2D eigenvalue weighted by atomic mass is 35.5. The molecule has 176 valence electrons. The summed E-state index contributed by atoms with van der Waals surface area (Å²) in [7, 11) is 0. The van der Waals surface area contributed by atoms with Crippen LogP contribution >= 0.6 is 37.2 Å². The number of benzene rings is 2. The standard InChI is InChI=1S/C24H30N4O.3ClH/c29-24(22-6-2-8-23-21(22)7-3-11-25-23)26-19-4-1-5-20(16-19)28-14-12-27(13-15-28)17-18-9-10-18;;;/h1-2,4-6,8,16,18,25H,3,7,9-15,17H2,(H,26,29);3*1H. The Morgan fingerprint density at radius 1 is 1.00 bits per heavy atom. The first-order valence-corrected chi connectivity index (χ1v) is 11.0. The molecule has 0 atom stereocenters. The first-order valence-electron chi connectivity index (χ1n) is 11.0. The van der Waals surface area contributed by atoms with Gasteiger partial charge < -0.3 is 15.5 Å². The Balaban J connectivity index is 0.00000121. The molecule has 0 aromatic heterocycles. The van der Waals surface area contributed by atoms with Crippen molar-refractivity contribution in [2.75, 3.05) is 54.8 Å². The van der Waals surface area contributed by atoms with Gasteiger partial charge in [-0.25, -0.2) is 0 Å². The van der Waals surface area contributed by atoms with Gasteiger partial charge in [-0.05, 0) is 67.5 Å². The van der Waals surface area contributed by atoms with Crippen LogP contribution in [0.25, 0.3) is 0 Å². The molecule has 2 fully saturated rings. The van der Waals surface area contributed by atoms with E-state index in [1.807, 2.05) is 24.3 Å². The Labute approximate surface area is 209 Å². The first kappa shape index (κ1) is 26.6. The van der Waals surface area contributed by atoms with Crippen molar-refractivity contribution >= 4 is 60.2 Å². The SMILES string of the molecule is Cl.Cl.Cl.O=C(Nc1cccc(N2CCN(CC3CC3)CC2)c1)c1cccc2c1CCCN2. The molecule has 1 saturated carbocycles. The highest BCUT2D eigenvalue weighted by Gasteiger charge is 2.26. The van der Waals surface area contributed by atoms with Gasteiger partial charge >= 0.3 is 0 Å². The molecule has 8 heteroatoms. The third-order valence-corrected chi connectivity index (χ3v) is 6.39. The highest BCUT2D eigenvalue weighted by Crippen LogP contribution is 2.30. The molecular weight excluding hydrogens is 467 g/mol. The van der Waals surface area contributed by atoms with Crippen LogP contribution in [0.1, 0.15) is 35.2 Å². The fourth-order valence-corrected chi connectivity index (χ4v) is 4.56. The Morgan fingerprint density at radius 2 is 1.75 bits per heavy atom. The maximum atomic E-state index is 13.0. The van der Waals surface area contributed by atoms with Crippen LogP contribution in [0.5, 0.6) is 0 Å². The van der Waals surface area contributed by atoms with Crippen molar-refractivity contribution in [3.63, 3.8) is 0 Å². The molecule has 1 saturated heterocycles. The molecule has 5 rings (SSSR count). The molecule has 2 N–H and O–H groups in total. The number of carbonyl (C=O) groups excluding carboxylic acids is 1. The van der Waals surface area contributed by atoms with Crippen molar-refractivity contribution in [1.82, 2.24) is 4.90 Å². The normalized spacial score (nSPS) is 17.6. The summed E-state index contributed by atoms with van der Waals surface area (Å²) in [5.41, 5.74) is 5.09. The monoisotopic (exact) mass is 498 g/mol. The van der Waals surface area contributed by atoms with E-state index in [2.05, 4.69) is 38.6 Å². The molecule has 5 nitrogen and oxygen atoms in total. The predicted octanol–water partition coefficient (Wildman–Crippen LogP) is 5.09. The molecule has 0 radical (unpaired) electrons. The predicted molar refractivity (Wildman–Crippen MR) is 141 cm³/mol. The third-order valence-electron chi connectivity index (χ3n) is 6.39. The number of fused-ring (bicyclic) bond motifs is 1. The zero-order valence-corrected chi connectivity index (χ0v) is 20.7. The fourth-order valence-electron chi connectivity index (χ4n) is 4.56. The van der Waals surface area contributed by atoms with Crippen LogP contribution in [-0.2, 0) is 6.42 Å². The van der Waals surface area contributed by atoms with E-state index in [0.717, 1.165) is 74.0 Å². The van der Waals surface area contributed by atoms with Crippen LogP contribution in [0.3, 0.4) is 0 Å². The average Bonchev–Trinajstić information content (AvgIpc) is 3.58. The van der Waals surface area contributed by atoms with E-state index < -0.39 is 0 Å². The zero-order chi connectivity index (χ0) is 19.6. The lowest BCUT2D eigenvalue weighted by Gasteiger charge is -2.36. The molecule has 0 spiro atoms. The minimum atomic E-state index is -0.0167. The molecular formula is C24H33Cl3N4O. The van der Waals surface area contributed by atoms with E-state index in [-0.39, 0.29) is 43.1 Å². The summed E-state index contributed by atoms with van der Waals surface area (Å²) in [6, 6.07) is 14.3. The topological polar surface area (TPSA) is 47.6 Å². The molecule has 2 aromatic rings. The van der Waals surface area contributed by atoms with E-state index >= 15 is 0 Å². The molecule has 2 aromatic carbocycles. The number of nitrogens with zero attached hydrogens (tertiary/aromatic N) is 2. The van der Waals surface area contributed by atoms with Gasteiger partial charge in [0.2, 0.25) is 0 Å². The average molecular weight is 500 g/mol. The number of piperazine rings is 1. The number of carbonyl (C=O) groups is 1. The van der Waals surface area contributed by atoms with E-state index in [1.165, 1.54) is 25.1 Å². The van der Waals surface area contributed by atoms with Crippen LogP contribution in [0.4, 0.5) is 17.1 Å². The smallest absolute Gasteiger partial charge is 0.256 e. The van der Waals surface area contributed by atoms with Gasteiger partial charge in [0, 0.05) is 61.9 Å². The Hall–Kier alpha value is -1.66.